The van der Waals surface area contributed by atoms with Gasteiger partial charge in [-0.3, -0.25) is 14.9 Å². The second kappa shape index (κ2) is 6.21. The van der Waals surface area contributed by atoms with E-state index >= 15 is 0 Å². The Morgan fingerprint density at radius 2 is 1.96 bits per heavy atom. The number of carbonyl (C=O) groups is 1. The van der Waals surface area contributed by atoms with Crippen LogP contribution in [0.15, 0.2) is 35.2 Å². The molecule has 1 aromatic heterocycles. The van der Waals surface area contributed by atoms with Crippen LogP contribution in [0.25, 0.3) is 11.8 Å². The minimum absolute atomic E-state index is 0.0519. The lowest BCUT2D eigenvalue weighted by atomic mass is 10.2. The first-order valence-corrected chi connectivity index (χ1v) is 8.28. The highest BCUT2D eigenvalue weighted by Crippen LogP contribution is 2.29. The van der Waals surface area contributed by atoms with Crippen LogP contribution in [0.5, 0.6) is 0 Å². The number of amides is 1. The third kappa shape index (κ3) is 2.98. The van der Waals surface area contributed by atoms with Crippen molar-refractivity contribution in [3.63, 3.8) is 0 Å². The van der Waals surface area contributed by atoms with Crippen LogP contribution >= 0.6 is 24.0 Å². The first-order chi connectivity index (χ1) is 11.4. The zero-order valence-corrected chi connectivity index (χ0v) is 14.5. The lowest BCUT2D eigenvalue weighted by Crippen LogP contribution is -2.17. The minimum atomic E-state index is -0.423. The van der Waals surface area contributed by atoms with Crippen molar-refractivity contribution in [2.24, 2.45) is 0 Å². The van der Waals surface area contributed by atoms with Gasteiger partial charge in [0.05, 0.1) is 9.83 Å². The molecule has 1 N–H and O–H groups in total. The first kappa shape index (κ1) is 16.4. The zero-order chi connectivity index (χ0) is 17.4. The summed E-state index contributed by atoms with van der Waals surface area (Å²) >= 11 is 6.23. The molecular formula is C16H13N3O3S2. The second-order valence-electron chi connectivity index (χ2n) is 5.29. The van der Waals surface area contributed by atoms with Crippen LogP contribution in [0.4, 0.5) is 5.69 Å². The third-order valence-electron chi connectivity index (χ3n) is 3.72. The van der Waals surface area contributed by atoms with Gasteiger partial charge in [0.15, 0.2) is 0 Å². The summed E-state index contributed by atoms with van der Waals surface area (Å²) in [6, 6.07) is 8.34. The number of hydrogen-bond acceptors (Lipinski definition) is 5. The molecule has 1 aromatic carbocycles. The predicted octanol–water partition coefficient (Wildman–Crippen LogP) is 3.49. The highest BCUT2D eigenvalue weighted by molar-refractivity contribution is 8.26. The molecular weight excluding hydrogens is 346 g/mol. The highest BCUT2D eigenvalue weighted by atomic mass is 32.2. The fourth-order valence-electron chi connectivity index (χ4n) is 2.62. The maximum Gasteiger partial charge on any atom is 0.269 e. The van der Waals surface area contributed by atoms with Gasteiger partial charge >= 0.3 is 0 Å². The number of aryl methyl sites for hydroxylation is 1. The summed E-state index contributed by atoms with van der Waals surface area (Å²) in [4.78, 5) is 22.7. The average molecular weight is 359 g/mol. The molecule has 6 nitrogen and oxygen atoms in total. The number of thioether (sulfide) groups is 1. The van der Waals surface area contributed by atoms with Crippen molar-refractivity contribution in [2.45, 2.75) is 13.8 Å². The van der Waals surface area contributed by atoms with E-state index in [9.17, 15) is 14.9 Å². The predicted molar refractivity (Wildman–Crippen MR) is 98.2 cm³/mol. The lowest BCUT2D eigenvalue weighted by Gasteiger charge is -2.09. The summed E-state index contributed by atoms with van der Waals surface area (Å²) in [5, 5.41) is 13.4. The summed E-state index contributed by atoms with van der Waals surface area (Å²) in [6.45, 7) is 3.89. The molecule has 0 saturated carbocycles. The number of aromatic nitrogens is 1. The Bertz CT molecular complexity index is 898. The van der Waals surface area contributed by atoms with Crippen LogP contribution < -0.4 is 5.32 Å². The average Bonchev–Trinajstić information content (AvgIpc) is 2.98. The molecule has 8 heteroatoms. The lowest BCUT2D eigenvalue weighted by molar-refractivity contribution is -0.384. The van der Waals surface area contributed by atoms with Crippen molar-refractivity contribution in [2.75, 3.05) is 0 Å². The Labute approximate surface area is 147 Å². The molecule has 2 heterocycles. The summed E-state index contributed by atoms with van der Waals surface area (Å²) < 4.78 is 2.45. The van der Waals surface area contributed by atoms with E-state index in [-0.39, 0.29) is 11.6 Å². The number of thiocarbonyl (C=S) groups is 1. The van der Waals surface area contributed by atoms with Gasteiger partial charge in [-0.1, -0.05) is 24.0 Å². The molecule has 0 radical (unpaired) electrons. The number of nitro benzene ring substituents is 1. The van der Waals surface area contributed by atoms with Crippen LogP contribution in [0.3, 0.4) is 0 Å². The number of nitro groups is 1. The Balaban J connectivity index is 2.01. The Morgan fingerprint density at radius 3 is 2.50 bits per heavy atom. The highest BCUT2D eigenvalue weighted by Gasteiger charge is 2.23. The van der Waals surface area contributed by atoms with Gasteiger partial charge in [0.25, 0.3) is 11.6 Å². The minimum Gasteiger partial charge on any atom is -0.318 e. The van der Waals surface area contributed by atoms with E-state index in [1.54, 1.807) is 12.1 Å². The van der Waals surface area contributed by atoms with Gasteiger partial charge < -0.3 is 9.88 Å². The van der Waals surface area contributed by atoms with Gasteiger partial charge in [0.1, 0.15) is 4.32 Å². The van der Waals surface area contributed by atoms with Crippen LogP contribution in [-0.2, 0) is 4.79 Å². The molecule has 0 unspecified atom stereocenters. The van der Waals surface area contributed by atoms with Crippen molar-refractivity contribution >= 4 is 46.0 Å². The van der Waals surface area contributed by atoms with Crippen molar-refractivity contribution in [3.05, 3.63) is 62.3 Å². The number of hydrogen-bond donors (Lipinski definition) is 1. The largest absolute Gasteiger partial charge is 0.318 e. The number of non-ortho nitro benzene ring substituents is 1. The van der Waals surface area contributed by atoms with Gasteiger partial charge in [0.2, 0.25) is 0 Å². The molecule has 1 fully saturated rings. The quantitative estimate of drug-likeness (QED) is 0.393. The molecule has 122 valence electrons. The van der Waals surface area contributed by atoms with E-state index in [1.165, 1.54) is 23.9 Å². The maximum atomic E-state index is 11.8. The number of nitrogens with zero attached hydrogens (tertiary/aromatic N) is 2. The molecule has 1 aliphatic heterocycles. The molecule has 0 aliphatic carbocycles. The molecule has 24 heavy (non-hydrogen) atoms. The summed E-state index contributed by atoms with van der Waals surface area (Å²) in [5.41, 5.74) is 3.71. The van der Waals surface area contributed by atoms with Crippen LogP contribution in [-0.4, -0.2) is 19.7 Å². The fraction of sp³-hybridized carbons (Fsp3) is 0.125. The fourth-order valence-corrected chi connectivity index (χ4v) is 3.65. The molecule has 2 aromatic rings. The van der Waals surface area contributed by atoms with Crippen LogP contribution in [0.1, 0.15) is 17.0 Å². The zero-order valence-electron chi connectivity index (χ0n) is 12.9. The normalized spacial score (nSPS) is 15.8. The van der Waals surface area contributed by atoms with E-state index in [0.29, 0.717) is 9.23 Å². The van der Waals surface area contributed by atoms with Gasteiger partial charge in [0, 0.05) is 29.2 Å². The van der Waals surface area contributed by atoms with Crippen molar-refractivity contribution < 1.29 is 9.72 Å². The molecule has 1 aliphatic rings. The van der Waals surface area contributed by atoms with Crippen molar-refractivity contribution in [1.82, 2.24) is 9.88 Å². The molecule has 3 rings (SSSR count). The van der Waals surface area contributed by atoms with Gasteiger partial charge in [-0.15, -0.1) is 0 Å². The van der Waals surface area contributed by atoms with Crippen LogP contribution in [0, 0.1) is 24.0 Å². The summed E-state index contributed by atoms with van der Waals surface area (Å²) in [7, 11) is 0. The summed E-state index contributed by atoms with van der Waals surface area (Å²) in [6.07, 6.45) is 1.81. The van der Waals surface area contributed by atoms with E-state index < -0.39 is 4.92 Å². The van der Waals surface area contributed by atoms with Gasteiger partial charge in [-0.25, -0.2) is 0 Å². The molecule has 1 saturated heterocycles. The van der Waals surface area contributed by atoms with Gasteiger partial charge in [-0.05, 0) is 43.7 Å². The van der Waals surface area contributed by atoms with E-state index in [1.807, 2.05) is 30.6 Å². The molecule has 0 bridgehead atoms. The third-order valence-corrected chi connectivity index (χ3v) is 4.88. The Hall–Kier alpha value is -2.45. The van der Waals surface area contributed by atoms with E-state index in [4.69, 9.17) is 12.2 Å². The van der Waals surface area contributed by atoms with Crippen molar-refractivity contribution in [1.29, 1.82) is 0 Å². The topological polar surface area (TPSA) is 77.2 Å². The Kier molecular flexibility index (Phi) is 4.25. The van der Waals surface area contributed by atoms with E-state index in [2.05, 4.69) is 5.32 Å². The van der Waals surface area contributed by atoms with Crippen LogP contribution in [0.2, 0.25) is 0 Å². The molecule has 0 spiro atoms. The smallest absolute Gasteiger partial charge is 0.269 e. The molecule has 0 atom stereocenters. The molecule has 1 amide bonds. The SMILES string of the molecule is Cc1cc(C=C2SC(=S)NC2=O)c(C)n1-c1ccc([N+](=O)[O-])cc1. The van der Waals surface area contributed by atoms with Gasteiger partial charge in [-0.2, -0.15) is 0 Å². The first-order valence-electron chi connectivity index (χ1n) is 7.05. The number of nitrogens with one attached hydrogen (secondary N) is 1. The number of benzene rings is 1. The Morgan fingerprint density at radius 1 is 1.29 bits per heavy atom. The number of rotatable bonds is 3. The second-order valence-corrected chi connectivity index (χ2v) is 7.01. The van der Waals surface area contributed by atoms with Crippen molar-refractivity contribution in [3.8, 4) is 5.69 Å². The summed E-state index contributed by atoms with van der Waals surface area (Å²) in [5.74, 6) is -0.190. The van der Waals surface area contributed by atoms with E-state index in [0.717, 1.165) is 22.6 Å². The number of carbonyl (C=O) groups excluding carboxylic acids is 1. The standard InChI is InChI=1S/C16H13N3O3S2/c1-9-7-11(8-14-15(20)17-16(23)24-14)10(2)18(9)12-3-5-13(6-4-12)19(21)22/h3-8H,1-2H3,(H,17,20,23). The monoisotopic (exact) mass is 359 g/mol. The maximum absolute atomic E-state index is 11.8.